The molecule has 9 aromatic rings. The predicted molar refractivity (Wildman–Crippen MR) is 263 cm³/mol. The zero-order valence-electron chi connectivity index (χ0n) is 39.1. The molecule has 9 rings (SSSR count). The molecule has 0 radical (unpaired) electrons. The summed E-state index contributed by atoms with van der Waals surface area (Å²) in [7, 11) is 0. The van der Waals surface area contributed by atoms with Crippen LogP contribution in [-0.2, 0) is 21.7 Å². The van der Waals surface area contributed by atoms with Crippen molar-refractivity contribution >= 4 is 32.8 Å². The molecule has 6 aromatic carbocycles. The lowest BCUT2D eigenvalue weighted by Crippen LogP contribution is -2.34. The Morgan fingerprint density at radius 3 is 1.84 bits per heavy atom. The number of hydrogen-bond donors (Lipinski definition) is 0. The lowest BCUT2D eigenvalue weighted by atomic mass is 9.78. The van der Waals surface area contributed by atoms with E-state index in [0.29, 0.717) is 0 Å². The Bertz CT molecular complexity index is 3160. The standard InChI is InChI=1S/C58H60N4O/c1-55(2,3)39-29-30-59-53(34-39)62-49-24-14-13-21-46(49)47-28-27-44(36-52(47)62)63-43-20-17-19-42(35-43)60-37-61(51-26-16-15-25-50(51)60)54-45(22-18-23-48(54)58(10,11)12)38-31-40(56(4,5)6)33-41(32-38)57(7,8)9/h13-36H,1-12H3. The topological polar surface area (TPSA) is 35.9 Å². The first-order chi connectivity index (χ1) is 29.8. The van der Waals surface area contributed by atoms with E-state index < -0.39 is 0 Å². The molecule has 0 unspecified atom stereocenters. The molecule has 0 fully saturated rings. The van der Waals surface area contributed by atoms with Gasteiger partial charge in [0.05, 0.1) is 33.4 Å². The summed E-state index contributed by atoms with van der Waals surface area (Å²) >= 11 is 0. The Morgan fingerprint density at radius 1 is 0.508 bits per heavy atom. The SMILES string of the molecule is CC(C)(C)c1cc(-c2cccc(C(C)(C)C)c2-[n+]2[c-]n(-c3cccc(Oc4ccc5c6ccccc6n(-c6cc(C(C)(C)C)ccn6)c5c4)c3)c3ccccc32)cc(C(C)(C)C)c1. The molecule has 0 amide bonds. The van der Waals surface area contributed by atoms with Gasteiger partial charge in [0.2, 0.25) is 0 Å². The van der Waals surface area contributed by atoms with Crippen LogP contribution in [-0.4, -0.2) is 14.1 Å². The minimum absolute atomic E-state index is 0.00997. The van der Waals surface area contributed by atoms with Crippen molar-refractivity contribution in [3.8, 4) is 39.8 Å². The Labute approximate surface area is 373 Å². The maximum Gasteiger partial charge on any atom is 0.269 e. The maximum atomic E-state index is 6.77. The third-order valence-corrected chi connectivity index (χ3v) is 12.4. The highest BCUT2D eigenvalue weighted by molar-refractivity contribution is 6.09. The smallest absolute Gasteiger partial charge is 0.269 e. The van der Waals surface area contributed by atoms with Crippen LogP contribution in [0.3, 0.4) is 0 Å². The van der Waals surface area contributed by atoms with Gasteiger partial charge in [-0.1, -0.05) is 168 Å². The molecule has 0 saturated heterocycles. The molecule has 3 heterocycles. The van der Waals surface area contributed by atoms with Crippen LogP contribution in [0.5, 0.6) is 11.5 Å². The van der Waals surface area contributed by atoms with Gasteiger partial charge in [0.15, 0.2) is 0 Å². The van der Waals surface area contributed by atoms with E-state index in [1.54, 1.807) is 0 Å². The van der Waals surface area contributed by atoms with Crippen LogP contribution in [0.4, 0.5) is 0 Å². The predicted octanol–water partition coefficient (Wildman–Crippen LogP) is 14.8. The lowest BCUT2D eigenvalue weighted by Gasteiger charge is -2.29. The summed E-state index contributed by atoms with van der Waals surface area (Å²) in [5.74, 6) is 2.39. The molecule has 0 aliphatic rings. The van der Waals surface area contributed by atoms with E-state index in [1.165, 1.54) is 38.8 Å². The molecule has 0 N–H and O–H groups in total. The number of hydrogen-bond acceptors (Lipinski definition) is 2. The van der Waals surface area contributed by atoms with E-state index in [2.05, 4.69) is 237 Å². The molecule has 0 spiro atoms. The minimum Gasteiger partial charge on any atom is -0.458 e. The molecule has 0 bridgehead atoms. The van der Waals surface area contributed by atoms with Gasteiger partial charge >= 0.3 is 0 Å². The van der Waals surface area contributed by atoms with Gasteiger partial charge in [-0.2, -0.15) is 0 Å². The van der Waals surface area contributed by atoms with Crippen LogP contribution in [0, 0.1) is 6.33 Å². The normalized spacial score (nSPS) is 12.8. The number of nitrogens with zero attached hydrogens (tertiary/aromatic N) is 4. The molecule has 3 aromatic heterocycles. The fourth-order valence-corrected chi connectivity index (χ4v) is 8.78. The fourth-order valence-electron chi connectivity index (χ4n) is 8.78. The summed E-state index contributed by atoms with van der Waals surface area (Å²) < 4.78 is 13.5. The molecule has 63 heavy (non-hydrogen) atoms. The number of benzene rings is 6. The molecule has 5 heteroatoms. The van der Waals surface area contributed by atoms with Crippen LogP contribution in [0.25, 0.3) is 61.2 Å². The van der Waals surface area contributed by atoms with Crippen molar-refractivity contribution in [3.63, 3.8) is 0 Å². The Balaban J connectivity index is 1.17. The zero-order valence-corrected chi connectivity index (χ0v) is 39.1. The van der Waals surface area contributed by atoms with E-state index >= 15 is 0 Å². The van der Waals surface area contributed by atoms with Crippen molar-refractivity contribution < 1.29 is 9.30 Å². The summed E-state index contributed by atoms with van der Waals surface area (Å²) in [6, 6.07) is 50.2. The van der Waals surface area contributed by atoms with Crippen molar-refractivity contribution in [2.24, 2.45) is 0 Å². The van der Waals surface area contributed by atoms with E-state index in [1.807, 2.05) is 12.3 Å². The third kappa shape index (κ3) is 7.84. The molecule has 0 aliphatic carbocycles. The van der Waals surface area contributed by atoms with Gasteiger partial charge in [0.25, 0.3) is 6.33 Å². The molecular weight excluding hydrogens is 769 g/mol. The lowest BCUT2D eigenvalue weighted by molar-refractivity contribution is -0.572. The molecule has 318 valence electrons. The first kappa shape index (κ1) is 41.9. The van der Waals surface area contributed by atoms with Crippen LogP contribution < -0.4 is 9.30 Å². The van der Waals surface area contributed by atoms with E-state index in [9.17, 15) is 0 Å². The van der Waals surface area contributed by atoms with Crippen molar-refractivity contribution in [2.75, 3.05) is 0 Å². The molecule has 0 aliphatic heterocycles. The van der Waals surface area contributed by atoms with Crippen molar-refractivity contribution in [3.05, 3.63) is 174 Å². The van der Waals surface area contributed by atoms with Gasteiger partial charge < -0.3 is 4.74 Å². The summed E-state index contributed by atoms with van der Waals surface area (Å²) in [4.78, 5) is 4.89. The first-order valence-corrected chi connectivity index (χ1v) is 22.3. The van der Waals surface area contributed by atoms with Crippen molar-refractivity contribution in [1.29, 1.82) is 0 Å². The van der Waals surface area contributed by atoms with Crippen LogP contribution in [0.2, 0.25) is 0 Å². The second-order valence-electron chi connectivity index (χ2n) is 21.3. The highest BCUT2D eigenvalue weighted by Gasteiger charge is 2.27. The third-order valence-electron chi connectivity index (χ3n) is 12.4. The van der Waals surface area contributed by atoms with Crippen LogP contribution in [0.15, 0.2) is 146 Å². The average Bonchev–Trinajstić information content (AvgIpc) is 3.78. The zero-order chi connectivity index (χ0) is 44.6. The summed E-state index contributed by atoms with van der Waals surface area (Å²) in [6.07, 6.45) is 5.79. The number of para-hydroxylation sites is 4. The summed E-state index contributed by atoms with van der Waals surface area (Å²) in [6.45, 7) is 27.5. The number of pyridine rings is 1. The summed E-state index contributed by atoms with van der Waals surface area (Å²) in [5.41, 5.74) is 13.8. The Morgan fingerprint density at radius 2 is 1.14 bits per heavy atom. The largest absolute Gasteiger partial charge is 0.458 e. The second-order valence-corrected chi connectivity index (χ2v) is 21.3. The number of imidazole rings is 1. The first-order valence-electron chi connectivity index (χ1n) is 22.3. The number of rotatable bonds is 6. The second kappa shape index (κ2) is 15.1. The van der Waals surface area contributed by atoms with Gasteiger partial charge in [-0.05, 0) is 104 Å². The minimum atomic E-state index is -0.143. The number of aromatic nitrogens is 4. The molecular formula is C58H60N4O. The number of ether oxygens (including phenoxy) is 1. The van der Waals surface area contributed by atoms with Gasteiger partial charge in [-0.15, -0.1) is 0 Å². The molecule has 0 atom stereocenters. The van der Waals surface area contributed by atoms with E-state index in [0.717, 1.165) is 56.1 Å². The molecule has 5 nitrogen and oxygen atoms in total. The monoisotopic (exact) mass is 828 g/mol. The van der Waals surface area contributed by atoms with Gasteiger partial charge in [-0.25, -0.2) is 4.98 Å². The van der Waals surface area contributed by atoms with E-state index in [4.69, 9.17) is 9.72 Å². The van der Waals surface area contributed by atoms with Crippen LogP contribution >= 0.6 is 0 Å². The summed E-state index contributed by atoms with van der Waals surface area (Å²) in [5, 5.41) is 2.34. The van der Waals surface area contributed by atoms with Gasteiger partial charge in [-0.3, -0.25) is 13.7 Å². The number of fused-ring (bicyclic) bond motifs is 4. The highest BCUT2D eigenvalue weighted by atomic mass is 16.5. The van der Waals surface area contributed by atoms with Crippen LogP contribution in [0.1, 0.15) is 105 Å². The highest BCUT2D eigenvalue weighted by Crippen LogP contribution is 2.40. The molecule has 0 saturated carbocycles. The maximum absolute atomic E-state index is 6.77. The van der Waals surface area contributed by atoms with Crippen molar-refractivity contribution in [1.82, 2.24) is 14.1 Å². The quantitative estimate of drug-likeness (QED) is 0.124. The Kier molecular flexibility index (Phi) is 10.0. The average molecular weight is 829 g/mol. The fraction of sp³-hybridized carbons (Fsp3) is 0.276. The van der Waals surface area contributed by atoms with E-state index in [-0.39, 0.29) is 21.7 Å². The van der Waals surface area contributed by atoms with Crippen molar-refractivity contribution in [2.45, 2.75) is 105 Å². The van der Waals surface area contributed by atoms with Gasteiger partial charge in [0, 0.05) is 23.0 Å². The van der Waals surface area contributed by atoms with Gasteiger partial charge in [0.1, 0.15) is 17.3 Å². The Hall–Kier alpha value is -6.46.